The van der Waals surface area contributed by atoms with Gasteiger partial charge in [-0.2, -0.15) is 5.10 Å². The van der Waals surface area contributed by atoms with E-state index < -0.39 is 5.60 Å². The molecule has 3 rings (SSSR count). The second kappa shape index (κ2) is 6.26. The Morgan fingerprint density at radius 3 is 2.82 bits per heavy atom. The summed E-state index contributed by atoms with van der Waals surface area (Å²) in [5.74, 6) is 0.850. The normalized spacial score (nSPS) is 28.5. The number of hydrogen-bond acceptors (Lipinski definition) is 4. The second-order valence-electron chi connectivity index (χ2n) is 5.98. The van der Waals surface area contributed by atoms with Crippen molar-refractivity contribution in [3.05, 3.63) is 41.9 Å². The molecule has 1 heterocycles. The molecule has 118 valence electrons. The Morgan fingerprint density at radius 2 is 2.14 bits per heavy atom. The van der Waals surface area contributed by atoms with Crippen molar-refractivity contribution >= 4 is 11.6 Å². The predicted molar refractivity (Wildman–Crippen MR) is 83.9 cm³/mol. The summed E-state index contributed by atoms with van der Waals surface area (Å²) in [7, 11) is 0. The Morgan fingerprint density at radius 1 is 1.36 bits per heavy atom. The molecule has 0 saturated heterocycles. The van der Waals surface area contributed by atoms with Crippen LogP contribution in [0.15, 0.2) is 36.9 Å². The topological polar surface area (TPSA) is 60.2 Å². The summed E-state index contributed by atoms with van der Waals surface area (Å²) < 4.78 is 7.74. The number of benzene rings is 1. The molecule has 2 aromatic rings. The molecule has 0 unspecified atom stereocenters. The fourth-order valence-electron chi connectivity index (χ4n) is 3.10. The molecule has 5 nitrogen and oxygen atoms in total. The highest BCUT2D eigenvalue weighted by Gasteiger charge is 2.46. The molecular formula is C16H20ClN3O2. The van der Waals surface area contributed by atoms with Gasteiger partial charge < -0.3 is 9.84 Å². The van der Waals surface area contributed by atoms with Gasteiger partial charge in [0.2, 0.25) is 0 Å². The van der Waals surface area contributed by atoms with E-state index in [1.54, 1.807) is 23.1 Å². The Balaban J connectivity index is 1.81. The maximum Gasteiger partial charge on any atom is 0.137 e. The fourth-order valence-corrected chi connectivity index (χ4v) is 3.22. The average molecular weight is 322 g/mol. The number of halogens is 1. The van der Waals surface area contributed by atoms with Crippen molar-refractivity contribution in [1.82, 2.24) is 14.8 Å². The molecule has 0 radical (unpaired) electrons. The Hall–Kier alpha value is -1.59. The van der Waals surface area contributed by atoms with Crippen molar-refractivity contribution < 1.29 is 9.84 Å². The van der Waals surface area contributed by atoms with Crippen LogP contribution >= 0.6 is 11.6 Å². The summed E-state index contributed by atoms with van der Waals surface area (Å²) in [6.45, 7) is 2.45. The van der Waals surface area contributed by atoms with E-state index in [1.165, 1.54) is 6.33 Å². The third-order valence-electron chi connectivity index (χ3n) is 4.49. The summed E-state index contributed by atoms with van der Waals surface area (Å²) in [6.07, 6.45) is 5.66. The molecule has 0 amide bonds. The number of aromatic nitrogens is 3. The van der Waals surface area contributed by atoms with E-state index in [9.17, 15) is 5.11 Å². The van der Waals surface area contributed by atoms with Crippen molar-refractivity contribution in [1.29, 1.82) is 0 Å². The van der Waals surface area contributed by atoms with Gasteiger partial charge in [-0.05, 0) is 49.4 Å². The quantitative estimate of drug-likeness (QED) is 0.940. The Bertz CT molecular complexity index is 602. The summed E-state index contributed by atoms with van der Waals surface area (Å²) >= 11 is 5.90. The fraction of sp³-hybridized carbons (Fsp3) is 0.500. The molecule has 1 aromatic carbocycles. The van der Waals surface area contributed by atoms with Crippen LogP contribution in [-0.2, 0) is 6.54 Å². The first-order valence-corrected chi connectivity index (χ1v) is 7.93. The van der Waals surface area contributed by atoms with Crippen LogP contribution in [0.1, 0.15) is 26.2 Å². The molecule has 6 heteroatoms. The first-order chi connectivity index (χ1) is 10.6. The largest absolute Gasteiger partial charge is 0.487 e. The van der Waals surface area contributed by atoms with E-state index >= 15 is 0 Å². The van der Waals surface area contributed by atoms with E-state index in [2.05, 4.69) is 17.0 Å². The van der Waals surface area contributed by atoms with Gasteiger partial charge in [0, 0.05) is 5.02 Å². The molecule has 0 spiro atoms. The van der Waals surface area contributed by atoms with E-state index in [0.29, 0.717) is 11.6 Å². The summed E-state index contributed by atoms with van der Waals surface area (Å²) in [5, 5.41) is 16.0. The van der Waals surface area contributed by atoms with Gasteiger partial charge in [-0.3, -0.25) is 0 Å². The molecular weight excluding hydrogens is 302 g/mol. The first-order valence-electron chi connectivity index (χ1n) is 7.55. The highest BCUT2D eigenvalue weighted by atomic mass is 35.5. The average Bonchev–Trinajstić information content (AvgIpc) is 2.99. The zero-order valence-corrected chi connectivity index (χ0v) is 13.3. The zero-order chi connectivity index (χ0) is 15.6. The lowest BCUT2D eigenvalue weighted by Crippen LogP contribution is -2.56. The van der Waals surface area contributed by atoms with Gasteiger partial charge in [-0.15, -0.1) is 0 Å². The minimum Gasteiger partial charge on any atom is -0.487 e. The van der Waals surface area contributed by atoms with E-state index in [1.807, 2.05) is 12.1 Å². The number of ether oxygens (including phenoxy) is 1. The molecule has 0 bridgehead atoms. The van der Waals surface area contributed by atoms with Crippen molar-refractivity contribution in [3.8, 4) is 5.75 Å². The van der Waals surface area contributed by atoms with Crippen molar-refractivity contribution in [3.63, 3.8) is 0 Å². The molecule has 1 aliphatic rings. The molecule has 22 heavy (non-hydrogen) atoms. The van der Waals surface area contributed by atoms with Gasteiger partial charge in [0.1, 0.15) is 30.1 Å². The van der Waals surface area contributed by atoms with Crippen molar-refractivity contribution in [2.24, 2.45) is 5.92 Å². The lowest BCUT2D eigenvalue weighted by molar-refractivity contribution is -0.132. The summed E-state index contributed by atoms with van der Waals surface area (Å²) in [5.41, 5.74) is -0.967. The van der Waals surface area contributed by atoms with Crippen LogP contribution in [0.3, 0.4) is 0 Å². The lowest BCUT2D eigenvalue weighted by atomic mass is 9.74. The minimum absolute atomic E-state index is 0.128. The molecule has 1 fully saturated rings. The molecule has 0 aliphatic heterocycles. The first kappa shape index (κ1) is 15.3. The van der Waals surface area contributed by atoms with Crippen LogP contribution in [-0.4, -0.2) is 31.6 Å². The maximum absolute atomic E-state index is 11.2. The smallest absolute Gasteiger partial charge is 0.137 e. The highest BCUT2D eigenvalue weighted by Crippen LogP contribution is 2.37. The van der Waals surface area contributed by atoms with Gasteiger partial charge >= 0.3 is 0 Å². The molecule has 1 aliphatic carbocycles. The van der Waals surface area contributed by atoms with Crippen LogP contribution < -0.4 is 4.74 Å². The number of hydrogen-bond donors (Lipinski definition) is 1. The van der Waals surface area contributed by atoms with Gasteiger partial charge in [0.05, 0.1) is 6.54 Å². The SMILES string of the molecule is C[C@@H]1CCC[C@@H](Oc2ccc(Cl)cc2)[C@@]1(O)Cn1cncn1. The third kappa shape index (κ3) is 3.10. The van der Waals surface area contributed by atoms with Gasteiger partial charge in [-0.25, -0.2) is 9.67 Å². The monoisotopic (exact) mass is 321 g/mol. The van der Waals surface area contributed by atoms with Crippen molar-refractivity contribution in [2.45, 2.75) is 44.4 Å². The van der Waals surface area contributed by atoms with E-state index in [4.69, 9.17) is 16.3 Å². The van der Waals surface area contributed by atoms with Crippen LogP contribution in [0.5, 0.6) is 5.75 Å². The van der Waals surface area contributed by atoms with E-state index in [-0.39, 0.29) is 12.0 Å². The third-order valence-corrected chi connectivity index (χ3v) is 4.74. The van der Waals surface area contributed by atoms with Crippen LogP contribution in [0.2, 0.25) is 5.02 Å². The predicted octanol–water partition coefficient (Wildman–Crippen LogP) is 2.93. The van der Waals surface area contributed by atoms with E-state index in [0.717, 1.165) is 25.0 Å². The zero-order valence-electron chi connectivity index (χ0n) is 12.5. The standard InChI is InChI=1S/C16H20ClN3O2/c1-12-3-2-4-15(22-14-7-5-13(17)6-8-14)16(12,21)9-20-11-18-10-19-20/h5-8,10-12,15,21H,2-4,9H2,1H3/t12-,15-,16-/m1/s1. The van der Waals surface area contributed by atoms with Gasteiger partial charge in [0.15, 0.2) is 0 Å². The Labute approximate surface area is 134 Å². The molecule has 1 aromatic heterocycles. The van der Waals surface area contributed by atoms with Crippen LogP contribution in [0.25, 0.3) is 0 Å². The molecule has 1 saturated carbocycles. The number of rotatable bonds is 4. The number of aliphatic hydroxyl groups is 1. The van der Waals surface area contributed by atoms with Crippen molar-refractivity contribution in [2.75, 3.05) is 0 Å². The van der Waals surface area contributed by atoms with Crippen LogP contribution in [0, 0.1) is 5.92 Å². The maximum atomic E-state index is 11.2. The number of nitrogens with zero attached hydrogens (tertiary/aromatic N) is 3. The summed E-state index contributed by atoms with van der Waals surface area (Å²) in [4.78, 5) is 3.95. The van der Waals surface area contributed by atoms with Crippen LogP contribution in [0.4, 0.5) is 0 Å². The van der Waals surface area contributed by atoms with Gasteiger partial charge in [-0.1, -0.05) is 18.5 Å². The highest BCUT2D eigenvalue weighted by molar-refractivity contribution is 6.30. The lowest BCUT2D eigenvalue weighted by Gasteiger charge is -2.44. The van der Waals surface area contributed by atoms with Gasteiger partial charge in [0.25, 0.3) is 0 Å². The summed E-state index contributed by atoms with van der Waals surface area (Å²) in [6, 6.07) is 7.24. The second-order valence-corrected chi connectivity index (χ2v) is 6.41. The minimum atomic E-state index is -0.967. The Kier molecular flexibility index (Phi) is 4.36. The molecule has 3 atom stereocenters. The molecule has 1 N–H and O–H groups in total.